The summed E-state index contributed by atoms with van der Waals surface area (Å²) in [6.07, 6.45) is -8.47. The zero-order valence-electron chi connectivity index (χ0n) is 20.2. The van der Waals surface area contributed by atoms with Crippen LogP contribution in [-0.2, 0) is 36.3 Å². The highest BCUT2D eigenvalue weighted by Crippen LogP contribution is 2.28. The number of alkyl halides is 6. The van der Waals surface area contributed by atoms with Gasteiger partial charge in [0.15, 0.2) is 5.69 Å². The summed E-state index contributed by atoms with van der Waals surface area (Å²) in [5.41, 5.74) is 2.84. The van der Waals surface area contributed by atoms with E-state index in [1.165, 1.54) is 0 Å². The van der Waals surface area contributed by atoms with E-state index in [2.05, 4.69) is 21.9 Å². The Morgan fingerprint density at radius 3 is 1.92 bits per heavy atom. The molecule has 2 N–H and O–H groups in total. The van der Waals surface area contributed by atoms with Crippen molar-refractivity contribution >= 4 is 17.8 Å². The summed E-state index contributed by atoms with van der Waals surface area (Å²) < 4.78 is 70.8. The first kappa shape index (κ1) is 30.6. The number of likely N-dealkylation sites (N-methyl/N-ethyl adjacent to an activating group) is 1. The van der Waals surface area contributed by atoms with Gasteiger partial charge in [-0.3, -0.25) is 14.4 Å². The van der Waals surface area contributed by atoms with Crippen LogP contribution in [0.1, 0.15) is 27.5 Å². The number of furan rings is 1. The van der Waals surface area contributed by atoms with Gasteiger partial charge in [0.1, 0.15) is 5.76 Å². The van der Waals surface area contributed by atoms with Crippen LogP contribution in [0, 0.1) is 0 Å². The van der Waals surface area contributed by atoms with E-state index in [-0.39, 0.29) is 5.91 Å². The highest BCUT2D eigenvalue weighted by atomic mass is 19.4. The van der Waals surface area contributed by atoms with Gasteiger partial charge in [-0.05, 0) is 19.2 Å². The molecule has 212 valence electrons. The molecule has 1 saturated heterocycles. The average molecular weight is 557 g/mol. The molecule has 0 saturated carbocycles. The smallest absolute Gasteiger partial charge is 0.475 e. The summed E-state index contributed by atoms with van der Waals surface area (Å²) >= 11 is 0. The number of halogens is 6. The summed E-state index contributed by atoms with van der Waals surface area (Å²) in [6.45, 7) is 5.70. The lowest BCUT2D eigenvalue weighted by atomic mass is 10.2. The third-order valence-corrected chi connectivity index (χ3v) is 5.47. The van der Waals surface area contributed by atoms with Gasteiger partial charge in [0.2, 0.25) is 0 Å². The second kappa shape index (κ2) is 12.3. The van der Waals surface area contributed by atoms with Crippen molar-refractivity contribution in [3.05, 3.63) is 41.1 Å². The molecule has 0 radical (unpaired) electrons. The Kier molecular flexibility index (Phi) is 9.91. The van der Waals surface area contributed by atoms with Gasteiger partial charge in [-0.2, -0.15) is 31.4 Å². The van der Waals surface area contributed by atoms with E-state index in [1.54, 1.807) is 6.26 Å². The SMILES string of the molecule is CN1CCN(C(=O)c2nn(C)c3c2CN(Cc2ccco2)C3)CC1.O=C(O)C(F)(F)F.O=C(O)C(F)(F)F. The number of aliphatic carboxylic acids is 2. The summed E-state index contributed by atoms with van der Waals surface area (Å²) in [4.78, 5) is 37.1. The van der Waals surface area contributed by atoms with Gasteiger partial charge in [0, 0.05) is 51.9 Å². The van der Waals surface area contributed by atoms with Gasteiger partial charge >= 0.3 is 24.3 Å². The van der Waals surface area contributed by atoms with Gasteiger partial charge in [0.25, 0.3) is 5.91 Å². The first-order valence-corrected chi connectivity index (χ1v) is 10.9. The number of carboxylic acids is 2. The molecule has 4 rings (SSSR count). The maximum atomic E-state index is 12.9. The number of hydrogen-bond acceptors (Lipinski definition) is 7. The van der Waals surface area contributed by atoms with E-state index in [4.69, 9.17) is 24.2 Å². The Morgan fingerprint density at radius 2 is 1.47 bits per heavy atom. The van der Waals surface area contributed by atoms with Crippen LogP contribution < -0.4 is 0 Å². The summed E-state index contributed by atoms with van der Waals surface area (Å²) in [5.74, 6) is -4.50. The highest BCUT2D eigenvalue weighted by molar-refractivity contribution is 5.94. The molecule has 38 heavy (non-hydrogen) atoms. The number of aryl methyl sites for hydroxylation is 1. The topological polar surface area (TPSA) is 132 Å². The zero-order valence-corrected chi connectivity index (χ0v) is 20.2. The molecule has 2 aromatic heterocycles. The first-order chi connectivity index (χ1) is 17.5. The summed E-state index contributed by atoms with van der Waals surface area (Å²) in [7, 11) is 4.02. The summed E-state index contributed by atoms with van der Waals surface area (Å²) in [6, 6.07) is 3.89. The fourth-order valence-corrected chi connectivity index (χ4v) is 3.52. The summed E-state index contributed by atoms with van der Waals surface area (Å²) in [5, 5.41) is 18.8. The van der Waals surface area contributed by atoms with Gasteiger partial charge in [-0.1, -0.05) is 0 Å². The van der Waals surface area contributed by atoms with Crippen molar-refractivity contribution in [1.29, 1.82) is 0 Å². The Labute approximate surface area is 211 Å². The van der Waals surface area contributed by atoms with Crippen molar-refractivity contribution in [2.24, 2.45) is 7.05 Å². The number of aromatic nitrogens is 2. The lowest BCUT2D eigenvalue weighted by Gasteiger charge is -2.32. The van der Waals surface area contributed by atoms with E-state index in [9.17, 15) is 31.1 Å². The van der Waals surface area contributed by atoms with Gasteiger partial charge in [-0.15, -0.1) is 0 Å². The number of fused-ring (bicyclic) bond motifs is 1. The Balaban J connectivity index is 0.000000301. The van der Waals surface area contributed by atoms with Crippen LogP contribution in [0.2, 0.25) is 0 Å². The number of carbonyl (C=O) groups excluding carboxylic acids is 1. The molecule has 2 aliphatic rings. The number of rotatable bonds is 3. The highest BCUT2D eigenvalue weighted by Gasteiger charge is 2.39. The predicted molar refractivity (Wildman–Crippen MR) is 116 cm³/mol. The number of hydrogen-bond donors (Lipinski definition) is 2. The van der Waals surface area contributed by atoms with Crippen LogP contribution in [0.15, 0.2) is 22.8 Å². The third kappa shape index (κ3) is 8.47. The van der Waals surface area contributed by atoms with Crippen molar-refractivity contribution in [2.75, 3.05) is 33.2 Å². The third-order valence-electron chi connectivity index (χ3n) is 5.47. The molecule has 1 amide bonds. The second-order valence-electron chi connectivity index (χ2n) is 8.32. The number of carboxylic acid groups (broad SMARTS) is 2. The van der Waals surface area contributed by atoms with Crippen LogP contribution in [0.25, 0.3) is 0 Å². The fourth-order valence-electron chi connectivity index (χ4n) is 3.52. The minimum atomic E-state index is -5.08. The number of carbonyl (C=O) groups is 3. The monoisotopic (exact) mass is 557 g/mol. The molecular formula is C21H25F6N5O6. The van der Waals surface area contributed by atoms with Gasteiger partial charge in [-0.25, -0.2) is 9.59 Å². The standard InChI is InChI=1S/C17H23N5O2.2C2HF3O2/c1-19-5-7-22(8-6-19)17(23)16-14-11-21(10-13-4-3-9-24-13)12-15(14)20(2)18-16;2*3-2(4,5)1(6)7/h3-4,9H,5-8,10-12H2,1-2H3;2*(H,6,7). The Morgan fingerprint density at radius 1 is 0.947 bits per heavy atom. The largest absolute Gasteiger partial charge is 0.490 e. The van der Waals surface area contributed by atoms with E-state index in [0.717, 1.165) is 62.8 Å². The average Bonchev–Trinajstić information content (AvgIpc) is 3.53. The Hall–Kier alpha value is -3.60. The maximum Gasteiger partial charge on any atom is 0.490 e. The van der Waals surface area contributed by atoms with Crippen LogP contribution in [0.4, 0.5) is 26.3 Å². The molecule has 0 aromatic carbocycles. The molecule has 0 aliphatic carbocycles. The normalized spacial score (nSPS) is 16.2. The van der Waals surface area contributed by atoms with Gasteiger partial charge < -0.3 is 24.4 Å². The molecule has 0 bridgehead atoms. The van der Waals surface area contributed by atoms with Crippen LogP contribution in [-0.4, -0.2) is 98.1 Å². The minimum absolute atomic E-state index is 0.0693. The van der Waals surface area contributed by atoms with Gasteiger partial charge in [0.05, 0.1) is 18.5 Å². The van der Waals surface area contributed by atoms with Crippen molar-refractivity contribution in [3.8, 4) is 0 Å². The van der Waals surface area contributed by atoms with Crippen molar-refractivity contribution in [2.45, 2.75) is 32.0 Å². The number of piperazine rings is 1. The molecule has 0 spiro atoms. The van der Waals surface area contributed by atoms with Crippen molar-refractivity contribution in [3.63, 3.8) is 0 Å². The lowest BCUT2D eigenvalue weighted by Crippen LogP contribution is -2.47. The fraction of sp³-hybridized carbons (Fsp3) is 0.524. The molecule has 0 atom stereocenters. The zero-order chi connectivity index (χ0) is 28.8. The van der Waals surface area contributed by atoms with E-state index in [1.807, 2.05) is 28.8 Å². The quantitative estimate of drug-likeness (QED) is 0.545. The lowest BCUT2D eigenvalue weighted by molar-refractivity contribution is -0.193. The maximum absolute atomic E-state index is 12.9. The molecule has 2 aliphatic heterocycles. The predicted octanol–water partition coefficient (Wildman–Crippen LogP) is 2.18. The number of amides is 1. The molecule has 4 heterocycles. The van der Waals surface area contributed by atoms with Crippen LogP contribution in [0.3, 0.4) is 0 Å². The Bertz CT molecular complexity index is 1080. The first-order valence-electron chi connectivity index (χ1n) is 10.9. The van der Waals surface area contributed by atoms with Crippen molar-refractivity contribution in [1.82, 2.24) is 24.5 Å². The molecule has 11 nitrogen and oxygen atoms in total. The molecule has 1 fully saturated rings. The second-order valence-corrected chi connectivity index (χ2v) is 8.32. The van der Waals surface area contributed by atoms with E-state index < -0.39 is 24.3 Å². The molecule has 0 unspecified atom stereocenters. The molecule has 17 heteroatoms. The molecule has 2 aromatic rings. The van der Waals surface area contributed by atoms with Crippen LogP contribution >= 0.6 is 0 Å². The molecular weight excluding hydrogens is 532 g/mol. The van der Waals surface area contributed by atoms with E-state index in [0.29, 0.717) is 5.69 Å². The minimum Gasteiger partial charge on any atom is -0.475 e. The van der Waals surface area contributed by atoms with Crippen LogP contribution in [0.5, 0.6) is 0 Å². The number of nitrogens with zero attached hydrogens (tertiary/aromatic N) is 5. The van der Waals surface area contributed by atoms with E-state index >= 15 is 0 Å². The van der Waals surface area contributed by atoms with Crippen molar-refractivity contribution < 1.29 is 55.4 Å².